The summed E-state index contributed by atoms with van der Waals surface area (Å²) in [6.45, 7) is 6.52. The zero-order valence-corrected chi connectivity index (χ0v) is 19.1. The van der Waals surface area contributed by atoms with Gasteiger partial charge in [0.15, 0.2) is 17.5 Å². The topological polar surface area (TPSA) is 84.0 Å². The summed E-state index contributed by atoms with van der Waals surface area (Å²) in [6, 6.07) is 10.1. The third-order valence-electron chi connectivity index (χ3n) is 4.88. The molecule has 1 aliphatic heterocycles. The van der Waals surface area contributed by atoms with Crippen molar-refractivity contribution in [2.75, 3.05) is 31.6 Å². The molecule has 0 fully saturated rings. The second-order valence-corrected chi connectivity index (χ2v) is 8.48. The van der Waals surface area contributed by atoms with Crippen LogP contribution < -0.4 is 25.4 Å². The van der Waals surface area contributed by atoms with E-state index in [0.717, 1.165) is 36.4 Å². The number of nitrogens with zero attached hydrogens (tertiary/aromatic N) is 1. The van der Waals surface area contributed by atoms with Gasteiger partial charge in [-0.05, 0) is 36.9 Å². The predicted molar refractivity (Wildman–Crippen MR) is 127 cm³/mol. The lowest BCUT2D eigenvalue weighted by molar-refractivity contribution is -0.121. The number of carbonyl (C=O) groups is 1. The molecule has 1 unspecified atom stereocenters. The van der Waals surface area contributed by atoms with Gasteiger partial charge < -0.3 is 25.4 Å². The Morgan fingerprint density at radius 2 is 2.06 bits per heavy atom. The Balaban J connectivity index is 1.60. The Morgan fingerprint density at radius 3 is 2.84 bits per heavy atom. The van der Waals surface area contributed by atoms with Gasteiger partial charge in [-0.25, -0.2) is 0 Å². The molecule has 0 saturated carbocycles. The van der Waals surface area contributed by atoms with E-state index in [9.17, 15) is 4.79 Å². The first-order chi connectivity index (χ1) is 15.1. The molecule has 0 radical (unpaired) electrons. The van der Waals surface area contributed by atoms with Crippen LogP contribution in [0.25, 0.3) is 0 Å². The summed E-state index contributed by atoms with van der Waals surface area (Å²) in [7, 11) is 0. The van der Waals surface area contributed by atoms with Crippen LogP contribution >= 0.6 is 11.3 Å². The van der Waals surface area contributed by atoms with Crippen LogP contribution in [0.15, 0.2) is 40.7 Å². The molecule has 3 rings (SSSR count). The Kier molecular flexibility index (Phi) is 9.02. The minimum atomic E-state index is 0.0374. The fourth-order valence-electron chi connectivity index (χ4n) is 2.99. The van der Waals surface area contributed by atoms with Crippen molar-refractivity contribution in [3.63, 3.8) is 0 Å². The molecule has 1 amide bonds. The summed E-state index contributed by atoms with van der Waals surface area (Å²) in [5.41, 5.74) is 0.857. The minimum absolute atomic E-state index is 0.0374. The zero-order valence-electron chi connectivity index (χ0n) is 18.3. The van der Waals surface area contributed by atoms with Gasteiger partial charge in [0.2, 0.25) is 5.91 Å². The van der Waals surface area contributed by atoms with Crippen molar-refractivity contribution in [1.29, 1.82) is 0 Å². The van der Waals surface area contributed by atoms with E-state index in [1.165, 1.54) is 4.88 Å². The third kappa shape index (κ3) is 7.79. The standard InChI is InChI=1S/C23H32N4O3S/c1-3-17(2)26-22(28)10-12-25-23(24-11-9-19-6-4-15-31-19)27-18-7-8-20-21(16-18)30-14-5-13-29-20/h4,6-8,15-17H,3,5,9-14H2,1-2H3,(H,26,28)(H2,24,25,27). The minimum Gasteiger partial charge on any atom is -0.490 e. The van der Waals surface area contributed by atoms with E-state index < -0.39 is 0 Å². The SMILES string of the molecule is CCC(C)NC(=O)CCNC(=NCCc1cccs1)Nc1ccc2c(c1)OCCCO2. The van der Waals surface area contributed by atoms with Gasteiger partial charge in [0.25, 0.3) is 0 Å². The van der Waals surface area contributed by atoms with E-state index >= 15 is 0 Å². The van der Waals surface area contributed by atoms with Crippen molar-refractivity contribution < 1.29 is 14.3 Å². The summed E-state index contributed by atoms with van der Waals surface area (Å²) in [6.07, 6.45) is 3.05. The molecule has 8 heteroatoms. The van der Waals surface area contributed by atoms with Gasteiger partial charge in [0.05, 0.1) is 13.2 Å². The van der Waals surface area contributed by atoms with E-state index in [1.54, 1.807) is 11.3 Å². The highest BCUT2D eigenvalue weighted by atomic mass is 32.1. The second-order valence-electron chi connectivity index (χ2n) is 7.45. The molecular weight excluding hydrogens is 412 g/mol. The van der Waals surface area contributed by atoms with E-state index in [-0.39, 0.29) is 11.9 Å². The lowest BCUT2D eigenvalue weighted by Gasteiger charge is -2.15. The predicted octanol–water partition coefficient (Wildman–Crippen LogP) is 3.81. The lowest BCUT2D eigenvalue weighted by atomic mass is 10.2. The molecular formula is C23H32N4O3S. The number of rotatable bonds is 9. The van der Waals surface area contributed by atoms with Crippen LogP contribution in [0.3, 0.4) is 0 Å². The molecule has 1 aromatic carbocycles. The number of nitrogens with one attached hydrogen (secondary N) is 3. The van der Waals surface area contributed by atoms with Gasteiger partial charge in [0, 0.05) is 55.0 Å². The first-order valence-electron chi connectivity index (χ1n) is 10.9. The summed E-state index contributed by atoms with van der Waals surface area (Å²) in [5, 5.41) is 11.7. The zero-order chi connectivity index (χ0) is 21.9. The molecule has 1 atom stereocenters. The molecule has 7 nitrogen and oxygen atoms in total. The number of benzene rings is 1. The van der Waals surface area contributed by atoms with Crippen molar-refractivity contribution in [2.24, 2.45) is 4.99 Å². The number of ether oxygens (including phenoxy) is 2. The maximum absolute atomic E-state index is 12.1. The summed E-state index contributed by atoms with van der Waals surface area (Å²) < 4.78 is 11.5. The maximum Gasteiger partial charge on any atom is 0.221 e. The summed E-state index contributed by atoms with van der Waals surface area (Å²) in [4.78, 5) is 18.1. The Labute approximate surface area is 188 Å². The highest BCUT2D eigenvalue weighted by Gasteiger charge is 2.12. The number of hydrogen-bond acceptors (Lipinski definition) is 5. The summed E-state index contributed by atoms with van der Waals surface area (Å²) in [5.74, 6) is 2.17. The molecule has 3 N–H and O–H groups in total. The number of carbonyl (C=O) groups excluding carboxylic acids is 1. The molecule has 168 valence electrons. The summed E-state index contributed by atoms with van der Waals surface area (Å²) >= 11 is 1.73. The molecule has 0 saturated heterocycles. The molecule has 1 aliphatic rings. The monoisotopic (exact) mass is 444 g/mol. The van der Waals surface area contributed by atoms with Crippen LogP contribution in [-0.2, 0) is 11.2 Å². The van der Waals surface area contributed by atoms with Gasteiger partial charge in [-0.1, -0.05) is 13.0 Å². The molecule has 1 aromatic heterocycles. The van der Waals surface area contributed by atoms with Crippen molar-refractivity contribution in [3.8, 4) is 11.5 Å². The molecule has 0 aliphatic carbocycles. The fourth-order valence-corrected chi connectivity index (χ4v) is 3.69. The molecule has 2 heterocycles. The fraction of sp³-hybridized carbons (Fsp3) is 0.478. The number of guanidine groups is 1. The van der Waals surface area contributed by atoms with Crippen LogP contribution in [-0.4, -0.2) is 44.2 Å². The molecule has 0 bridgehead atoms. The third-order valence-corrected chi connectivity index (χ3v) is 5.82. The second kappa shape index (κ2) is 12.2. The number of hydrogen-bond donors (Lipinski definition) is 3. The van der Waals surface area contributed by atoms with Crippen molar-refractivity contribution in [1.82, 2.24) is 10.6 Å². The number of thiophene rings is 1. The number of amides is 1. The average Bonchev–Trinajstić information content (AvgIpc) is 3.17. The number of aliphatic imine (C=N–C) groups is 1. The van der Waals surface area contributed by atoms with Gasteiger partial charge in [-0.15, -0.1) is 11.3 Å². The molecule has 31 heavy (non-hydrogen) atoms. The maximum atomic E-state index is 12.1. The van der Waals surface area contributed by atoms with E-state index in [0.29, 0.717) is 38.7 Å². The lowest BCUT2D eigenvalue weighted by Crippen LogP contribution is -2.37. The van der Waals surface area contributed by atoms with Crippen molar-refractivity contribution >= 4 is 28.9 Å². The van der Waals surface area contributed by atoms with Crippen LogP contribution in [0.1, 0.15) is 38.0 Å². The Bertz CT molecular complexity index is 855. The normalized spacial score (nSPS) is 14.5. The molecule has 0 spiro atoms. The van der Waals surface area contributed by atoms with Gasteiger partial charge in [0.1, 0.15) is 0 Å². The number of fused-ring (bicyclic) bond motifs is 1. The van der Waals surface area contributed by atoms with Gasteiger partial charge in [-0.3, -0.25) is 9.79 Å². The van der Waals surface area contributed by atoms with Crippen molar-refractivity contribution in [3.05, 3.63) is 40.6 Å². The molecule has 2 aromatic rings. The van der Waals surface area contributed by atoms with E-state index in [1.807, 2.05) is 25.1 Å². The first kappa shape index (κ1) is 22.9. The highest BCUT2D eigenvalue weighted by molar-refractivity contribution is 7.09. The van der Waals surface area contributed by atoms with E-state index in [2.05, 4.69) is 40.4 Å². The van der Waals surface area contributed by atoms with Crippen LogP contribution in [0.5, 0.6) is 11.5 Å². The quantitative estimate of drug-likeness (QED) is 0.405. The largest absolute Gasteiger partial charge is 0.490 e. The Morgan fingerprint density at radius 1 is 1.23 bits per heavy atom. The van der Waals surface area contributed by atoms with Crippen LogP contribution in [0.2, 0.25) is 0 Å². The van der Waals surface area contributed by atoms with Gasteiger partial charge >= 0.3 is 0 Å². The van der Waals surface area contributed by atoms with Crippen molar-refractivity contribution in [2.45, 2.75) is 45.6 Å². The van der Waals surface area contributed by atoms with Crippen LogP contribution in [0.4, 0.5) is 5.69 Å². The smallest absolute Gasteiger partial charge is 0.221 e. The highest BCUT2D eigenvalue weighted by Crippen LogP contribution is 2.32. The first-order valence-corrected chi connectivity index (χ1v) is 11.8. The van der Waals surface area contributed by atoms with Crippen LogP contribution in [0, 0.1) is 0 Å². The van der Waals surface area contributed by atoms with E-state index in [4.69, 9.17) is 14.5 Å². The number of anilines is 1. The van der Waals surface area contributed by atoms with Gasteiger partial charge in [-0.2, -0.15) is 0 Å². The Hall–Kier alpha value is -2.74. The average molecular weight is 445 g/mol.